The van der Waals surface area contributed by atoms with Gasteiger partial charge in [0.2, 0.25) is 0 Å². The molecule has 0 unspecified atom stereocenters. The predicted molar refractivity (Wildman–Crippen MR) is 130 cm³/mol. The monoisotopic (exact) mass is 496 g/mol. The molecule has 3 aromatic carbocycles. The Balaban J connectivity index is 1.46. The van der Waals surface area contributed by atoms with Crippen LogP contribution in [0.15, 0.2) is 82.1 Å². The maximum absolute atomic E-state index is 13.2. The van der Waals surface area contributed by atoms with Gasteiger partial charge in [0.05, 0.1) is 17.5 Å². The van der Waals surface area contributed by atoms with E-state index in [4.69, 9.17) is 21.3 Å². The molecule has 0 amide bonds. The molecule has 4 aromatic rings. The van der Waals surface area contributed by atoms with E-state index in [9.17, 15) is 4.79 Å². The molecule has 0 aliphatic heterocycles. The third kappa shape index (κ3) is 5.35. The van der Waals surface area contributed by atoms with Crippen molar-refractivity contribution in [1.29, 1.82) is 0 Å². The van der Waals surface area contributed by atoms with Crippen LogP contribution in [-0.2, 0) is 6.54 Å². The lowest BCUT2D eigenvalue weighted by Crippen LogP contribution is -2.23. The van der Waals surface area contributed by atoms with Crippen LogP contribution in [0.5, 0.6) is 5.75 Å². The Bertz CT molecular complexity index is 1220. The van der Waals surface area contributed by atoms with E-state index < -0.39 is 0 Å². The Kier molecular flexibility index (Phi) is 7.05. The highest BCUT2D eigenvalue weighted by Gasteiger charge is 2.12. The predicted octanol–water partition coefficient (Wildman–Crippen LogP) is 6.73. The molecule has 0 atom stereocenters. The van der Waals surface area contributed by atoms with Gasteiger partial charge in [0.15, 0.2) is 0 Å². The number of hydrogen-bond acceptors (Lipinski definition) is 3. The Morgan fingerprint density at radius 1 is 0.903 bits per heavy atom. The minimum Gasteiger partial charge on any atom is -0.494 e. The molecule has 0 fully saturated rings. The number of ether oxygens (including phenoxy) is 1. The fourth-order valence-corrected chi connectivity index (χ4v) is 3.85. The van der Waals surface area contributed by atoms with Gasteiger partial charge in [-0.1, -0.05) is 39.7 Å². The fraction of sp³-hybridized carbons (Fsp3) is 0.200. The molecule has 0 N–H and O–H groups in total. The summed E-state index contributed by atoms with van der Waals surface area (Å²) in [6.45, 7) is 1.25. The van der Waals surface area contributed by atoms with E-state index in [0.717, 1.165) is 35.0 Å². The lowest BCUT2D eigenvalue weighted by molar-refractivity contribution is 0.303. The first-order chi connectivity index (χ1) is 15.1. The second-order valence-electron chi connectivity index (χ2n) is 7.28. The number of hydrogen-bond donors (Lipinski definition) is 0. The maximum Gasteiger partial charge on any atom is 0.261 e. The Hall–Kier alpha value is -2.63. The topological polar surface area (TPSA) is 44.1 Å². The number of nitrogens with zero attached hydrogens (tertiary/aromatic N) is 2. The van der Waals surface area contributed by atoms with E-state index in [2.05, 4.69) is 15.9 Å². The summed E-state index contributed by atoms with van der Waals surface area (Å²) in [4.78, 5) is 18.0. The van der Waals surface area contributed by atoms with Gasteiger partial charge < -0.3 is 4.74 Å². The van der Waals surface area contributed by atoms with E-state index >= 15 is 0 Å². The Morgan fingerprint density at radius 3 is 2.42 bits per heavy atom. The molecule has 4 rings (SSSR count). The van der Waals surface area contributed by atoms with E-state index in [1.165, 1.54) is 0 Å². The molecule has 0 saturated heterocycles. The molecule has 0 aliphatic carbocycles. The zero-order chi connectivity index (χ0) is 21.6. The summed E-state index contributed by atoms with van der Waals surface area (Å²) >= 11 is 9.47. The van der Waals surface area contributed by atoms with Crippen molar-refractivity contribution in [1.82, 2.24) is 9.55 Å². The van der Waals surface area contributed by atoms with Crippen LogP contribution < -0.4 is 10.3 Å². The summed E-state index contributed by atoms with van der Waals surface area (Å²) < 4.78 is 8.60. The average molecular weight is 498 g/mol. The minimum atomic E-state index is -0.0123. The van der Waals surface area contributed by atoms with Crippen molar-refractivity contribution in [3.8, 4) is 17.1 Å². The van der Waals surface area contributed by atoms with Gasteiger partial charge in [-0.15, -0.1) is 0 Å². The summed E-state index contributed by atoms with van der Waals surface area (Å²) in [5.74, 6) is 1.54. The number of fused-ring (bicyclic) bond motifs is 1. The normalized spacial score (nSPS) is 11.0. The van der Waals surface area contributed by atoms with Crippen molar-refractivity contribution in [3.63, 3.8) is 0 Å². The molecule has 4 nitrogen and oxygen atoms in total. The fourth-order valence-electron chi connectivity index (χ4n) is 3.46. The van der Waals surface area contributed by atoms with Crippen LogP contribution in [0.4, 0.5) is 0 Å². The zero-order valence-electron chi connectivity index (χ0n) is 16.9. The molecule has 0 saturated carbocycles. The lowest BCUT2D eigenvalue weighted by atomic mass is 10.1. The van der Waals surface area contributed by atoms with Gasteiger partial charge in [0.1, 0.15) is 11.6 Å². The number of benzene rings is 3. The van der Waals surface area contributed by atoms with Crippen LogP contribution in [0.25, 0.3) is 22.3 Å². The van der Waals surface area contributed by atoms with Crippen molar-refractivity contribution in [2.45, 2.75) is 25.8 Å². The molecule has 0 aliphatic rings. The molecule has 1 aromatic heterocycles. The first-order valence-corrected chi connectivity index (χ1v) is 11.4. The van der Waals surface area contributed by atoms with E-state index in [0.29, 0.717) is 34.9 Å². The van der Waals surface area contributed by atoms with Gasteiger partial charge in [-0.2, -0.15) is 0 Å². The quantitative estimate of drug-likeness (QED) is 0.254. The molecule has 31 heavy (non-hydrogen) atoms. The first-order valence-electron chi connectivity index (χ1n) is 10.3. The number of rotatable bonds is 8. The third-order valence-corrected chi connectivity index (χ3v) is 5.85. The number of unbranched alkanes of at least 4 members (excludes halogenated alkanes) is 2. The summed E-state index contributed by atoms with van der Waals surface area (Å²) in [6.07, 6.45) is 2.74. The van der Waals surface area contributed by atoms with Gasteiger partial charge in [0.25, 0.3) is 5.56 Å². The highest BCUT2D eigenvalue weighted by molar-refractivity contribution is 9.10. The second kappa shape index (κ2) is 10.1. The van der Waals surface area contributed by atoms with Crippen molar-refractivity contribution >= 4 is 38.4 Å². The van der Waals surface area contributed by atoms with Crippen LogP contribution in [0, 0.1) is 0 Å². The highest BCUT2D eigenvalue weighted by atomic mass is 79.9. The second-order valence-corrected chi connectivity index (χ2v) is 8.63. The van der Waals surface area contributed by atoms with E-state index in [1.54, 1.807) is 4.57 Å². The summed E-state index contributed by atoms with van der Waals surface area (Å²) in [5.41, 5.74) is 1.57. The third-order valence-electron chi connectivity index (χ3n) is 5.07. The average Bonchev–Trinajstić information content (AvgIpc) is 2.79. The van der Waals surface area contributed by atoms with Gasteiger partial charge in [-0.25, -0.2) is 4.98 Å². The van der Waals surface area contributed by atoms with Crippen molar-refractivity contribution in [2.24, 2.45) is 0 Å². The maximum atomic E-state index is 13.2. The summed E-state index contributed by atoms with van der Waals surface area (Å²) in [6, 6.07) is 22.8. The zero-order valence-corrected chi connectivity index (χ0v) is 19.3. The molecule has 0 radical (unpaired) electrons. The largest absolute Gasteiger partial charge is 0.494 e. The number of para-hydroxylation sites is 1. The SMILES string of the molecule is O=c1c2ccccc2nc(-c2ccc(Cl)cc2)n1CCCCCOc1ccc(Br)cc1. The van der Waals surface area contributed by atoms with Gasteiger partial charge in [-0.3, -0.25) is 9.36 Å². The number of halogens is 2. The van der Waals surface area contributed by atoms with E-state index in [-0.39, 0.29) is 5.56 Å². The van der Waals surface area contributed by atoms with Crippen LogP contribution in [0.2, 0.25) is 5.02 Å². The first kappa shape index (κ1) is 21.6. The standard InChI is InChI=1S/C25H22BrClN2O2/c26-19-10-14-21(15-11-19)31-17-5-1-4-16-29-24(18-8-12-20(27)13-9-18)28-23-7-3-2-6-22(23)25(29)30/h2-3,6-15H,1,4-5,16-17H2. The van der Waals surface area contributed by atoms with Crippen molar-refractivity contribution < 1.29 is 4.74 Å². The van der Waals surface area contributed by atoms with Crippen molar-refractivity contribution in [3.05, 3.63) is 92.6 Å². The molecule has 0 bridgehead atoms. The molecular formula is C25H22BrClN2O2. The highest BCUT2D eigenvalue weighted by Crippen LogP contribution is 2.22. The van der Waals surface area contributed by atoms with Crippen LogP contribution >= 0.6 is 27.5 Å². The van der Waals surface area contributed by atoms with Crippen LogP contribution in [0.3, 0.4) is 0 Å². The Morgan fingerprint density at radius 2 is 1.65 bits per heavy atom. The molecular weight excluding hydrogens is 476 g/mol. The lowest BCUT2D eigenvalue weighted by Gasteiger charge is -2.14. The summed E-state index contributed by atoms with van der Waals surface area (Å²) in [5, 5.41) is 1.29. The van der Waals surface area contributed by atoms with Crippen LogP contribution in [-0.4, -0.2) is 16.2 Å². The molecule has 6 heteroatoms. The smallest absolute Gasteiger partial charge is 0.261 e. The molecule has 158 valence electrons. The van der Waals surface area contributed by atoms with Crippen LogP contribution in [0.1, 0.15) is 19.3 Å². The van der Waals surface area contributed by atoms with E-state index in [1.807, 2.05) is 72.8 Å². The molecule has 0 spiro atoms. The molecule has 1 heterocycles. The van der Waals surface area contributed by atoms with Gasteiger partial charge >= 0.3 is 0 Å². The minimum absolute atomic E-state index is 0.0123. The number of aromatic nitrogens is 2. The summed E-state index contributed by atoms with van der Waals surface area (Å²) in [7, 11) is 0. The Labute approximate surface area is 194 Å². The van der Waals surface area contributed by atoms with Crippen molar-refractivity contribution in [2.75, 3.05) is 6.61 Å². The van der Waals surface area contributed by atoms with Gasteiger partial charge in [-0.05, 0) is 79.9 Å². The van der Waals surface area contributed by atoms with Gasteiger partial charge in [0, 0.05) is 21.6 Å².